The van der Waals surface area contributed by atoms with Gasteiger partial charge in [0.1, 0.15) is 0 Å². The molecule has 0 aliphatic heterocycles. The lowest BCUT2D eigenvalue weighted by Gasteiger charge is -2.60. The van der Waals surface area contributed by atoms with Crippen molar-refractivity contribution in [2.75, 3.05) is 0 Å². The van der Waals surface area contributed by atoms with E-state index in [4.69, 9.17) is 5.11 Å². The quantitative estimate of drug-likeness (QED) is 0.457. The van der Waals surface area contributed by atoms with Crippen LogP contribution in [0.3, 0.4) is 0 Å². The first kappa shape index (κ1) is 19.3. The molecule has 152 valence electrons. The van der Waals surface area contributed by atoms with Gasteiger partial charge in [-0.3, -0.25) is 0 Å². The van der Waals surface area contributed by atoms with Crippen LogP contribution < -0.4 is 0 Å². The molecule has 3 nitrogen and oxygen atoms in total. The molecule has 4 fully saturated rings. The first-order chi connectivity index (χ1) is 12.8. The summed E-state index contributed by atoms with van der Waals surface area (Å²) in [5, 5.41) is 18.8. The zero-order chi connectivity index (χ0) is 19.4. The van der Waals surface area contributed by atoms with Crippen LogP contribution >= 0.6 is 0 Å². The van der Waals surface area contributed by atoms with Crippen molar-refractivity contribution in [3.63, 3.8) is 0 Å². The molecule has 0 saturated heterocycles. The van der Waals surface area contributed by atoms with Crippen molar-refractivity contribution in [2.24, 2.45) is 46.3 Å². The Morgan fingerprint density at radius 3 is 2.41 bits per heavy atom. The van der Waals surface area contributed by atoms with E-state index in [-0.39, 0.29) is 5.92 Å². The molecular formula is C24H38O3. The normalized spacial score (nSPS) is 48.3. The van der Waals surface area contributed by atoms with Crippen molar-refractivity contribution in [2.45, 2.75) is 85.0 Å². The molecule has 3 heteroatoms. The van der Waals surface area contributed by atoms with Gasteiger partial charge in [-0.15, -0.1) is 0 Å². The van der Waals surface area contributed by atoms with Crippen LogP contribution in [-0.2, 0) is 4.79 Å². The number of carbonyl (C=O) groups is 1. The highest BCUT2D eigenvalue weighted by Gasteiger charge is 2.60. The maximum atomic E-state index is 11.1. The lowest BCUT2D eigenvalue weighted by atomic mass is 9.44. The zero-order valence-electron chi connectivity index (χ0n) is 17.4. The number of allylic oxidation sites excluding steroid dienone is 1. The third-order valence-electron chi connectivity index (χ3n) is 9.93. The number of hydrogen-bond acceptors (Lipinski definition) is 2. The summed E-state index contributed by atoms with van der Waals surface area (Å²) in [5.74, 6) is 2.50. The summed E-state index contributed by atoms with van der Waals surface area (Å²) < 4.78 is 0. The Labute approximate surface area is 164 Å². The van der Waals surface area contributed by atoms with Gasteiger partial charge in [0.05, 0.1) is 0 Å². The van der Waals surface area contributed by atoms with E-state index in [0.29, 0.717) is 16.7 Å². The van der Waals surface area contributed by atoms with E-state index in [1.54, 1.807) is 6.08 Å². The SMILES string of the molecule is C[C@H](C=C(O)C(=O)O)[C@H]1CC[C@H]2[C@@H]3CCC4CCCC[C@]4(C)[C@H]3CC[C@]12C. The molecule has 0 aromatic carbocycles. The molecule has 8 atom stereocenters. The molecule has 4 saturated carbocycles. The summed E-state index contributed by atoms with van der Waals surface area (Å²) in [4.78, 5) is 11.1. The van der Waals surface area contributed by atoms with E-state index in [0.717, 1.165) is 23.7 Å². The summed E-state index contributed by atoms with van der Waals surface area (Å²) in [6, 6.07) is 0. The maximum Gasteiger partial charge on any atom is 0.370 e. The summed E-state index contributed by atoms with van der Waals surface area (Å²) >= 11 is 0. The van der Waals surface area contributed by atoms with Crippen LogP contribution in [0.1, 0.15) is 85.0 Å². The third-order valence-corrected chi connectivity index (χ3v) is 9.93. The number of fused-ring (bicyclic) bond motifs is 5. The summed E-state index contributed by atoms with van der Waals surface area (Å²) in [7, 11) is 0. The molecule has 0 aromatic rings. The molecule has 1 unspecified atom stereocenters. The lowest BCUT2D eigenvalue weighted by molar-refractivity contribution is -0.135. The number of rotatable bonds is 3. The van der Waals surface area contributed by atoms with Crippen LogP contribution in [-0.4, -0.2) is 16.2 Å². The molecular weight excluding hydrogens is 336 g/mol. The minimum atomic E-state index is -1.20. The van der Waals surface area contributed by atoms with Gasteiger partial charge >= 0.3 is 5.97 Å². The topological polar surface area (TPSA) is 57.5 Å². The van der Waals surface area contributed by atoms with Crippen LogP contribution in [0.2, 0.25) is 0 Å². The predicted octanol–water partition coefficient (Wildman–Crippen LogP) is 6.20. The van der Waals surface area contributed by atoms with E-state index in [9.17, 15) is 9.90 Å². The Kier molecular flexibility index (Phi) is 4.88. The van der Waals surface area contributed by atoms with Crippen molar-refractivity contribution >= 4 is 5.97 Å². The average Bonchev–Trinajstić information content (AvgIpc) is 2.98. The van der Waals surface area contributed by atoms with E-state index in [1.165, 1.54) is 64.2 Å². The van der Waals surface area contributed by atoms with Crippen molar-refractivity contribution < 1.29 is 15.0 Å². The molecule has 0 radical (unpaired) electrons. The van der Waals surface area contributed by atoms with Crippen LogP contribution in [0.5, 0.6) is 0 Å². The summed E-state index contributed by atoms with van der Waals surface area (Å²) in [5.41, 5.74) is 0.890. The highest BCUT2D eigenvalue weighted by Crippen LogP contribution is 2.68. The van der Waals surface area contributed by atoms with Crippen LogP contribution in [0, 0.1) is 46.3 Å². The van der Waals surface area contributed by atoms with E-state index >= 15 is 0 Å². The molecule has 0 heterocycles. The molecule has 4 rings (SSSR count). The summed E-state index contributed by atoms with van der Waals surface area (Å²) in [6.45, 7) is 7.23. The van der Waals surface area contributed by atoms with E-state index in [2.05, 4.69) is 20.8 Å². The molecule has 27 heavy (non-hydrogen) atoms. The molecule has 0 aromatic heterocycles. The fraction of sp³-hybridized carbons (Fsp3) is 0.875. The second kappa shape index (κ2) is 6.81. The van der Waals surface area contributed by atoms with Crippen molar-refractivity contribution in [1.82, 2.24) is 0 Å². The lowest BCUT2D eigenvalue weighted by Crippen LogP contribution is -2.53. The van der Waals surface area contributed by atoms with Gasteiger partial charge in [-0.1, -0.05) is 33.6 Å². The van der Waals surface area contributed by atoms with Gasteiger partial charge in [0, 0.05) is 0 Å². The fourth-order valence-electron chi connectivity index (χ4n) is 8.64. The number of carboxylic acids is 1. The van der Waals surface area contributed by atoms with Crippen molar-refractivity contribution in [3.8, 4) is 0 Å². The molecule has 2 N–H and O–H groups in total. The fourth-order valence-corrected chi connectivity index (χ4v) is 8.64. The monoisotopic (exact) mass is 374 g/mol. The number of aliphatic hydroxyl groups is 1. The average molecular weight is 375 g/mol. The van der Waals surface area contributed by atoms with E-state index in [1.807, 2.05) is 0 Å². The van der Waals surface area contributed by atoms with E-state index < -0.39 is 11.7 Å². The standard InChI is InChI=1S/C24H38O3/c1-15(14-21(25)22(26)27)18-9-10-19-17-8-7-16-6-4-5-12-23(16,2)20(17)11-13-24(18,19)3/h14-20,25H,4-13H2,1-3H3,(H,26,27)/t15-,16?,17+,18-,19+,20+,23+,24-/m1/s1. The third kappa shape index (κ3) is 2.95. The summed E-state index contributed by atoms with van der Waals surface area (Å²) in [6.07, 6.45) is 15.4. The molecule has 0 amide bonds. The Hall–Kier alpha value is -0.990. The minimum absolute atomic E-state index is 0.134. The molecule has 0 bridgehead atoms. The van der Waals surface area contributed by atoms with Gasteiger partial charge < -0.3 is 10.2 Å². The second-order valence-corrected chi connectivity index (χ2v) is 10.8. The van der Waals surface area contributed by atoms with Crippen molar-refractivity contribution in [3.05, 3.63) is 11.8 Å². The Morgan fingerprint density at radius 2 is 1.67 bits per heavy atom. The van der Waals surface area contributed by atoms with Gasteiger partial charge in [0.15, 0.2) is 5.76 Å². The van der Waals surface area contributed by atoms with Crippen LogP contribution in [0.25, 0.3) is 0 Å². The molecule has 4 aliphatic rings. The van der Waals surface area contributed by atoms with Crippen LogP contribution in [0.4, 0.5) is 0 Å². The Morgan fingerprint density at radius 1 is 0.926 bits per heavy atom. The van der Waals surface area contributed by atoms with Gasteiger partial charge in [0.25, 0.3) is 0 Å². The predicted molar refractivity (Wildman–Crippen MR) is 107 cm³/mol. The van der Waals surface area contributed by atoms with Crippen LogP contribution in [0.15, 0.2) is 11.8 Å². The molecule has 4 aliphatic carbocycles. The Balaban J connectivity index is 1.56. The largest absolute Gasteiger partial charge is 0.502 e. The van der Waals surface area contributed by atoms with Gasteiger partial charge in [-0.2, -0.15) is 0 Å². The Bertz CT molecular complexity index is 625. The second-order valence-electron chi connectivity index (χ2n) is 10.8. The number of aliphatic hydroxyl groups excluding tert-OH is 1. The van der Waals surface area contributed by atoms with Gasteiger partial charge in [0.2, 0.25) is 0 Å². The first-order valence-electron chi connectivity index (χ1n) is 11.4. The zero-order valence-corrected chi connectivity index (χ0v) is 17.4. The van der Waals surface area contributed by atoms with Gasteiger partial charge in [-0.05, 0) is 104 Å². The highest BCUT2D eigenvalue weighted by molar-refractivity contribution is 5.83. The maximum absolute atomic E-state index is 11.1. The minimum Gasteiger partial charge on any atom is -0.502 e. The first-order valence-corrected chi connectivity index (χ1v) is 11.4. The van der Waals surface area contributed by atoms with Crippen molar-refractivity contribution in [1.29, 1.82) is 0 Å². The molecule has 0 spiro atoms. The smallest absolute Gasteiger partial charge is 0.370 e. The number of hydrogen-bond donors (Lipinski definition) is 2. The number of aliphatic carboxylic acids is 1. The highest BCUT2D eigenvalue weighted by atomic mass is 16.4. The van der Waals surface area contributed by atoms with Gasteiger partial charge in [-0.25, -0.2) is 4.79 Å². The number of carboxylic acid groups (broad SMARTS) is 1.